The summed E-state index contributed by atoms with van der Waals surface area (Å²) in [5.74, 6) is -0.128. The van der Waals surface area contributed by atoms with Crippen molar-refractivity contribution in [2.45, 2.75) is 26.2 Å². The fourth-order valence-corrected chi connectivity index (χ4v) is 3.03. The summed E-state index contributed by atoms with van der Waals surface area (Å²) in [5, 5.41) is 2.80. The van der Waals surface area contributed by atoms with Crippen molar-refractivity contribution in [2.24, 2.45) is 0 Å². The third-order valence-electron chi connectivity index (χ3n) is 3.45. The fraction of sp³-hybridized carbons (Fsp3) is 0.562. The van der Waals surface area contributed by atoms with Crippen molar-refractivity contribution in [1.29, 1.82) is 0 Å². The van der Waals surface area contributed by atoms with Crippen LogP contribution in [0.25, 0.3) is 0 Å². The fourth-order valence-electron chi connectivity index (χ4n) is 2.10. The third kappa shape index (κ3) is 6.48. The van der Waals surface area contributed by atoms with Gasteiger partial charge in [-0.3, -0.25) is 9.10 Å². The molecule has 0 aromatic heterocycles. The Hall–Kier alpha value is -1.76. The number of benzene rings is 1. The van der Waals surface area contributed by atoms with Gasteiger partial charge in [-0.25, -0.2) is 8.42 Å². The molecule has 0 spiro atoms. The summed E-state index contributed by atoms with van der Waals surface area (Å²) in [6.45, 7) is 2.82. The molecule has 7 heteroatoms. The van der Waals surface area contributed by atoms with Crippen LogP contribution in [0.5, 0.6) is 0 Å². The molecule has 0 saturated carbocycles. The van der Waals surface area contributed by atoms with Crippen LogP contribution in [0.3, 0.4) is 0 Å². The Labute approximate surface area is 139 Å². The monoisotopic (exact) mass is 341 g/mol. The first-order chi connectivity index (χ1) is 10.8. The predicted octanol–water partition coefficient (Wildman–Crippen LogP) is 1.83. The molecular weight excluding hydrogens is 314 g/mol. The number of carbonyl (C=O) groups excluding carboxylic acids is 1. The van der Waals surface area contributed by atoms with Gasteiger partial charge in [-0.2, -0.15) is 0 Å². The van der Waals surface area contributed by atoms with E-state index in [2.05, 4.69) is 12.2 Å². The first-order valence-corrected chi connectivity index (χ1v) is 9.62. The molecule has 23 heavy (non-hydrogen) atoms. The van der Waals surface area contributed by atoms with Crippen LogP contribution in [0.2, 0.25) is 0 Å². The lowest BCUT2D eigenvalue weighted by Gasteiger charge is -2.23. The van der Waals surface area contributed by atoms with E-state index in [0.29, 0.717) is 12.2 Å². The first kappa shape index (κ1) is 19.3. The van der Waals surface area contributed by atoms with E-state index in [1.54, 1.807) is 12.1 Å². The van der Waals surface area contributed by atoms with Crippen LogP contribution in [0, 0.1) is 0 Å². The molecule has 130 valence electrons. The maximum atomic E-state index is 12.0. The molecule has 0 unspecified atom stereocenters. The molecule has 1 N–H and O–H groups in total. The first-order valence-electron chi connectivity index (χ1n) is 7.77. The Morgan fingerprint density at radius 3 is 2.17 bits per heavy atom. The van der Waals surface area contributed by atoms with Crippen LogP contribution in [0.4, 0.5) is 11.4 Å². The highest BCUT2D eigenvalue weighted by molar-refractivity contribution is 7.92. The number of rotatable bonds is 9. The number of anilines is 2. The lowest BCUT2D eigenvalue weighted by atomic mass is 10.2. The van der Waals surface area contributed by atoms with Crippen LogP contribution in [0.15, 0.2) is 24.3 Å². The maximum absolute atomic E-state index is 12.0. The van der Waals surface area contributed by atoms with E-state index < -0.39 is 10.0 Å². The normalized spacial score (nSPS) is 11.1. The van der Waals surface area contributed by atoms with Crippen molar-refractivity contribution in [3.63, 3.8) is 0 Å². The number of nitrogens with zero attached hydrogens (tertiary/aromatic N) is 2. The van der Waals surface area contributed by atoms with Crippen molar-refractivity contribution >= 4 is 27.3 Å². The molecule has 6 nitrogen and oxygen atoms in total. The summed E-state index contributed by atoms with van der Waals surface area (Å²) in [7, 11) is 0.409. The predicted molar refractivity (Wildman–Crippen MR) is 95.5 cm³/mol. The van der Waals surface area contributed by atoms with Gasteiger partial charge in [0.25, 0.3) is 0 Å². The topological polar surface area (TPSA) is 69.7 Å². The molecular formula is C16H27N3O3S. The molecule has 0 radical (unpaired) electrons. The van der Waals surface area contributed by atoms with Crippen LogP contribution in [0.1, 0.15) is 26.2 Å². The molecule has 1 amide bonds. The van der Waals surface area contributed by atoms with Gasteiger partial charge in [0, 0.05) is 39.3 Å². The van der Waals surface area contributed by atoms with Crippen LogP contribution in [-0.4, -0.2) is 47.8 Å². The Kier molecular flexibility index (Phi) is 7.35. The second-order valence-electron chi connectivity index (χ2n) is 5.70. The minimum Gasteiger partial charge on any atom is -0.378 e. The number of hydrogen-bond donors (Lipinski definition) is 1. The molecule has 0 fully saturated rings. The van der Waals surface area contributed by atoms with E-state index in [1.165, 1.54) is 4.31 Å². The quantitative estimate of drug-likeness (QED) is 0.696. The van der Waals surface area contributed by atoms with Gasteiger partial charge in [-0.15, -0.1) is 0 Å². The average Bonchev–Trinajstić information content (AvgIpc) is 2.47. The number of amides is 1. The van der Waals surface area contributed by atoms with E-state index in [1.807, 2.05) is 31.1 Å². The Bertz CT molecular complexity index is 598. The summed E-state index contributed by atoms with van der Waals surface area (Å²) < 4.78 is 25.3. The van der Waals surface area contributed by atoms with Crippen molar-refractivity contribution in [2.75, 3.05) is 42.6 Å². The smallest absolute Gasteiger partial charge is 0.232 e. The minimum absolute atomic E-state index is 0.128. The SMILES string of the molecule is CCCCNC(=O)CCN(c1ccc(N(C)C)cc1)S(C)(=O)=O. The van der Waals surface area contributed by atoms with Gasteiger partial charge in [0.05, 0.1) is 11.9 Å². The standard InChI is InChI=1S/C16H27N3O3S/c1-5-6-12-17-16(20)11-13-19(23(4,21)22)15-9-7-14(8-10-15)18(2)3/h7-10H,5-6,11-13H2,1-4H3,(H,17,20). The minimum atomic E-state index is -3.43. The van der Waals surface area contributed by atoms with Gasteiger partial charge >= 0.3 is 0 Å². The molecule has 0 aliphatic heterocycles. The van der Waals surface area contributed by atoms with E-state index >= 15 is 0 Å². The molecule has 0 atom stereocenters. The third-order valence-corrected chi connectivity index (χ3v) is 4.64. The Balaban J connectivity index is 2.76. The highest BCUT2D eigenvalue weighted by Gasteiger charge is 2.18. The van der Waals surface area contributed by atoms with E-state index in [-0.39, 0.29) is 18.9 Å². The molecule has 0 aliphatic rings. The van der Waals surface area contributed by atoms with Crippen molar-refractivity contribution in [3.8, 4) is 0 Å². The van der Waals surface area contributed by atoms with Crippen molar-refractivity contribution in [3.05, 3.63) is 24.3 Å². The Morgan fingerprint density at radius 2 is 1.70 bits per heavy atom. The summed E-state index contributed by atoms with van der Waals surface area (Å²) >= 11 is 0. The van der Waals surface area contributed by atoms with Crippen molar-refractivity contribution in [1.82, 2.24) is 5.32 Å². The number of hydrogen-bond acceptors (Lipinski definition) is 4. The summed E-state index contributed by atoms with van der Waals surface area (Å²) in [6, 6.07) is 7.22. The lowest BCUT2D eigenvalue weighted by molar-refractivity contribution is -0.120. The van der Waals surface area contributed by atoms with E-state index in [0.717, 1.165) is 24.8 Å². The second-order valence-corrected chi connectivity index (χ2v) is 7.61. The molecule has 1 rings (SSSR count). The van der Waals surface area contributed by atoms with E-state index in [9.17, 15) is 13.2 Å². The highest BCUT2D eigenvalue weighted by Crippen LogP contribution is 2.21. The number of unbranched alkanes of at least 4 members (excludes halogenated alkanes) is 1. The molecule has 0 bridgehead atoms. The second kappa shape index (κ2) is 8.76. The maximum Gasteiger partial charge on any atom is 0.232 e. The van der Waals surface area contributed by atoms with Gasteiger partial charge in [0.2, 0.25) is 15.9 Å². The average molecular weight is 341 g/mol. The van der Waals surface area contributed by atoms with E-state index in [4.69, 9.17) is 0 Å². The zero-order chi connectivity index (χ0) is 17.5. The highest BCUT2D eigenvalue weighted by atomic mass is 32.2. The molecule has 1 aromatic rings. The van der Waals surface area contributed by atoms with Gasteiger partial charge in [0.15, 0.2) is 0 Å². The molecule has 1 aromatic carbocycles. The molecule has 0 aliphatic carbocycles. The van der Waals surface area contributed by atoms with Gasteiger partial charge in [-0.1, -0.05) is 13.3 Å². The zero-order valence-electron chi connectivity index (χ0n) is 14.4. The van der Waals surface area contributed by atoms with Crippen LogP contribution in [-0.2, 0) is 14.8 Å². The van der Waals surface area contributed by atoms with Gasteiger partial charge < -0.3 is 10.2 Å². The van der Waals surface area contributed by atoms with Crippen LogP contribution >= 0.6 is 0 Å². The summed E-state index contributed by atoms with van der Waals surface area (Å²) in [5.41, 5.74) is 1.55. The Morgan fingerprint density at radius 1 is 1.13 bits per heavy atom. The summed E-state index contributed by atoms with van der Waals surface area (Å²) in [4.78, 5) is 13.7. The number of nitrogens with one attached hydrogen (secondary N) is 1. The van der Waals surface area contributed by atoms with Crippen LogP contribution < -0.4 is 14.5 Å². The summed E-state index contributed by atoms with van der Waals surface area (Å²) in [6.07, 6.45) is 3.23. The largest absolute Gasteiger partial charge is 0.378 e. The van der Waals surface area contributed by atoms with Crippen molar-refractivity contribution < 1.29 is 13.2 Å². The molecule has 0 heterocycles. The lowest BCUT2D eigenvalue weighted by Crippen LogP contribution is -2.34. The van der Waals surface area contributed by atoms with Gasteiger partial charge in [-0.05, 0) is 30.7 Å². The number of sulfonamides is 1. The molecule has 0 saturated heterocycles. The van der Waals surface area contributed by atoms with Gasteiger partial charge in [0.1, 0.15) is 0 Å². The zero-order valence-corrected chi connectivity index (χ0v) is 15.2. The number of carbonyl (C=O) groups is 1.